The van der Waals surface area contributed by atoms with Crippen LogP contribution in [0.2, 0.25) is 0 Å². The summed E-state index contributed by atoms with van der Waals surface area (Å²) in [6.45, 7) is 7.10. The maximum absolute atomic E-state index is 12.8. The molecular weight excluding hydrogens is 716 g/mol. The molecule has 2 fully saturated rings. The van der Waals surface area contributed by atoms with Crippen molar-refractivity contribution in [1.29, 1.82) is 0 Å². The van der Waals surface area contributed by atoms with E-state index < -0.39 is 11.9 Å². The number of esters is 2. The SMILES string of the molecule is COC(=O)c1ccc(N2CCN(C)CC2)c(NC(=O)c2cccc(OC)c2)c1.COC(=O)c1ccc(N2CCN(C)CC2)c(NC(=O)c2cccc(OC)c2)c1. The first-order valence-corrected chi connectivity index (χ1v) is 18.3. The summed E-state index contributed by atoms with van der Waals surface area (Å²) in [5, 5.41) is 5.90. The van der Waals surface area contributed by atoms with Gasteiger partial charge < -0.3 is 49.2 Å². The van der Waals surface area contributed by atoms with E-state index in [1.165, 1.54) is 14.2 Å². The fraction of sp³-hybridized carbons (Fsp3) is 0.333. The minimum Gasteiger partial charge on any atom is -0.497 e. The van der Waals surface area contributed by atoms with Crippen molar-refractivity contribution >= 4 is 46.5 Å². The van der Waals surface area contributed by atoms with Crippen LogP contribution in [0.1, 0.15) is 41.4 Å². The van der Waals surface area contributed by atoms with Gasteiger partial charge in [0.2, 0.25) is 0 Å². The number of nitrogens with one attached hydrogen (secondary N) is 2. The van der Waals surface area contributed by atoms with Crippen molar-refractivity contribution in [3.8, 4) is 11.5 Å². The number of anilines is 4. The summed E-state index contributed by atoms with van der Waals surface area (Å²) in [7, 11) is 9.97. The van der Waals surface area contributed by atoms with Crippen molar-refractivity contribution in [2.24, 2.45) is 0 Å². The number of amides is 2. The van der Waals surface area contributed by atoms with Crippen molar-refractivity contribution in [1.82, 2.24) is 9.80 Å². The Kier molecular flexibility index (Phi) is 14.3. The van der Waals surface area contributed by atoms with Crippen molar-refractivity contribution in [3.05, 3.63) is 107 Å². The fourth-order valence-electron chi connectivity index (χ4n) is 6.33. The van der Waals surface area contributed by atoms with E-state index in [1.54, 1.807) is 87.0 Å². The summed E-state index contributed by atoms with van der Waals surface area (Å²) >= 11 is 0. The summed E-state index contributed by atoms with van der Waals surface area (Å²) in [6.07, 6.45) is 0. The summed E-state index contributed by atoms with van der Waals surface area (Å²) in [4.78, 5) is 58.5. The van der Waals surface area contributed by atoms with E-state index >= 15 is 0 Å². The van der Waals surface area contributed by atoms with Crippen LogP contribution < -0.4 is 29.9 Å². The van der Waals surface area contributed by atoms with Crippen molar-refractivity contribution in [2.75, 3.05) is 115 Å². The Morgan fingerprint density at radius 2 is 0.857 bits per heavy atom. The molecule has 4 aromatic rings. The number of carbonyl (C=O) groups excluding carboxylic acids is 4. The number of methoxy groups -OCH3 is 4. The van der Waals surface area contributed by atoms with Crippen LogP contribution in [-0.2, 0) is 9.47 Å². The average Bonchev–Trinajstić information content (AvgIpc) is 3.24. The van der Waals surface area contributed by atoms with Crippen LogP contribution in [0, 0.1) is 0 Å². The predicted molar refractivity (Wildman–Crippen MR) is 217 cm³/mol. The first-order valence-electron chi connectivity index (χ1n) is 18.3. The standard InChI is InChI=1S/2C21H25N3O4/c2*1-23-9-11-24(12-10-23)19-8-7-16(21(26)28-3)14-18(19)22-20(25)15-5-4-6-17(13-15)27-2/h2*4-8,13-14H,9-12H2,1-3H3,(H,22,25). The van der Waals surface area contributed by atoms with Crippen LogP contribution in [0.25, 0.3) is 0 Å². The molecule has 0 radical (unpaired) electrons. The number of hydrogen-bond donors (Lipinski definition) is 2. The van der Waals surface area contributed by atoms with Crippen LogP contribution in [0.15, 0.2) is 84.9 Å². The number of piperazine rings is 2. The Bertz CT molecular complexity index is 1860. The van der Waals surface area contributed by atoms with E-state index in [2.05, 4.69) is 44.3 Å². The van der Waals surface area contributed by atoms with Gasteiger partial charge >= 0.3 is 11.9 Å². The first kappa shape index (κ1) is 41.1. The molecule has 0 saturated carbocycles. The van der Waals surface area contributed by atoms with Gasteiger partial charge in [-0.2, -0.15) is 0 Å². The second-order valence-corrected chi connectivity index (χ2v) is 13.4. The van der Waals surface area contributed by atoms with Gasteiger partial charge in [-0.05, 0) is 86.9 Å². The molecule has 2 amide bonds. The third kappa shape index (κ3) is 10.5. The van der Waals surface area contributed by atoms with Crippen molar-refractivity contribution < 1.29 is 38.1 Å². The largest absolute Gasteiger partial charge is 0.497 e. The zero-order chi connectivity index (χ0) is 40.2. The molecule has 4 aromatic carbocycles. The Balaban J connectivity index is 0.000000214. The number of nitrogens with zero attached hydrogens (tertiary/aromatic N) is 4. The van der Waals surface area contributed by atoms with Crippen LogP contribution in [-0.4, -0.2) is 128 Å². The quantitative estimate of drug-likeness (QED) is 0.211. The highest BCUT2D eigenvalue weighted by Crippen LogP contribution is 2.31. The van der Waals surface area contributed by atoms with Gasteiger partial charge in [0.1, 0.15) is 11.5 Å². The van der Waals surface area contributed by atoms with E-state index in [0.29, 0.717) is 45.1 Å². The van der Waals surface area contributed by atoms with Gasteiger partial charge in [-0.25, -0.2) is 9.59 Å². The molecule has 296 valence electrons. The highest BCUT2D eigenvalue weighted by molar-refractivity contribution is 6.08. The maximum Gasteiger partial charge on any atom is 0.337 e. The highest BCUT2D eigenvalue weighted by atomic mass is 16.5. The molecule has 56 heavy (non-hydrogen) atoms. The van der Waals surface area contributed by atoms with Gasteiger partial charge in [-0.1, -0.05) is 12.1 Å². The third-order valence-electron chi connectivity index (χ3n) is 9.68. The Morgan fingerprint density at radius 3 is 1.20 bits per heavy atom. The third-order valence-corrected chi connectivity index (χ3v) is 9.68. The molecule has 0 spiro atoms. The maximum atomic E-state index is 12.8. The molecule has 14 heteroatoms. The fourth-order valence-corrected chi connectivity index (χ4v) is 6.33. The zero-order valence-corrected chi connectivity index (χ0v) is 32.8. The van der Waals surface area contributed by atoms with Crippen LogP contribution in [0.5, 0.6) is 11.5 Å². The van der Waals surface area contributed by atoms with E-state index in [1.807, 2.05) is 12.1 Å². The summed E-state index contributed by atoms with van der Waals surface area (Å²) in [6, 6.07) is 24.4. The number of benzene rings is 4. The lowest BCUT2D eigenvalue weighted by molar-refractivity contribution is 0.0592. The predicted octanol–water partition coefficient (Wildman–Crippen LogP) is 4.97. The molecule has 2 aliphatic rings. The number of likely N-dealkylation sites (N-methyl/N-ethyl adjacent to an activating group) is 2. The smallest absolute Gasteiger partial charge is 0.337 e. The highest BCUT2D eigenvalue weighted by Gasteiger charge is 2.22. The normalized spacial score (nSPS) is 14.5. The van der Waals surface area contributed by atoms with E-state index in [9.17, 15) is 19.2 Å². The lowest BCUT2D eigenvalue weighted by Gasteiger charge is -2.35. The summed E-state index contributed by atoms with van der Waals surface area (Å²) < 4.78 is 20.0. The minimum atomic E-state index is -0.443. The lowest BCUT2D eigenvalue weighted by Crippen LogP contribution is -2.44. The number of hydrogen-bond acceptors (Lipinski definition) is 12. The van der Waals surface area contributed by atoms with Crippen LogP contribution in [0.3, 0.4) is 0 Å². The van der Waals surface area contributed by atoms with Crippen molar-refractivity contribution in [2.45, 2.75) is 0 Å². The number of ether oxygens (including phenoxy) is 4. The topological polar surface area (TPSA) is 142 Å². The summed E-state index contributed by atoms with van der Waals surface area (Å²) in [5.74, 6) is -0.207. The molecule has 2 saturated heterocycles. The molecular formula is C42H50N6O8. The van der Waals surface area contributed by atoms with Gasteiger partial charge in [0.15, 0.2) is 0 Å². The van der Waals surface area contributed by atoms with Crippen LogP contribution in [0.4, 0.5) is 22.7 Å². The molecule has 0 aromatic heterocycles. The van der Waals surface area contributed by atoms with Gasteiger partial charge in [-0.15, -0.1) is 0 Å². The van der Waals surface area contributed by atoms with Gasteiger partial charge in [0, 0.05) is 63.5 Å². The molecule has 6 rings (SSSR count). The molecule has 2 heterocycles. The molecule has 2 N–H and O–H groups in total. The molecule has 0 unspecified atom stereocenters. The van der Waals surface area contributed by atoms with E-state index in [4.69, 9.17) is 18.9 Å². The molecule has 0 bridgehead atoms. The zero-order valence-electron chi connectivity index (χ0n) is 32.8. The second kappa shape index (κ2) is 19.5. The first-order chi connectivity index (χ1) is 27.0. The molecule has 0 aliphatic carbocycles. The minimum absolute atomic E-state index is 0.267. The van der Waals surface area contributed by atoms with Gasteiger partial charge in [0.25, 0.3) is 11.8 Å². The Labute approximate surface area is 327 Å². The number of rotatable bonds is 10. The Hall–Kier alpha value is -6.12. The molecule has 14 nitrogen and oxygen atoms in total. The van der Waals surface area contributed by atoms with Gasteiger partial charge in [-0.3, -0.25) is 9.59 Å². The molecule has 2 aliphatic heterocycles. The lowest BCUT2D eigenvalue weighted by atomic mass is 10.1. The Morgan fingerprint density at radius 1 is 0.482 bits per heavy atom. The van der Waals surface area contributed by atoms with Gasteiger partial charge in [0.05, 0.1) is 62.3 Å². The second-order valence-electron chi connectivity index (χ2n) is 13.4. The molecule has 0 atom stereocenters. The van der Waals surface area contributed by atoms with E-state index in [-0.39, 0.29) is 11.8 Å². The van der Waals surface area contributed by atoms with Crippen LogP contribution >= 0.6 is 0 Å². The van der Waals surface area contributed by atoms with Crippen molar-refractivity contribution in [3.63, 3.8) is 0 Å². The number of carbonyl (C=O) groups is 4. The van der Waals surface area contributed by atoms with E-state index in [0.717, 1.165) is 63.7 Å². The average molecular weight is 767 g/mol. The summed E-state index contributed by atoms with van der Waals surface area (Å²) in [5.41, 5.74) is 4.68. The monoisotopic (exact) mass is 766 g/mol.